The van der Waals surface area contributed by atoms with Crippen molar-refractivity contribution in [2.24, 2.45) is 0 Å². The molecule has 5 nitrogen and oxygen atoms in total. The summed E-state index contributed by atoms with van der Waals surface area (Å²) in [5.74, 6) is 0. The van der Waals surface area contributed by atoms with Crippen molar-refractivity contribution in [3.05, 3.63) is 76.7 Å². The van der Waals surface area contributed by atoms with Crippen molar-refractivity contribution in [3.8, 4) is 0 Å². The Bertz CT molecular complexity index is 707. The maximum Gasteiger partial charge on any atom is 0.314 e. The van der Waals surface area contributed by atoms with Gasteiger partial charge in [-0.15, -0.1) is 11.3 Å². The average molecular weight is 354 g/mol. The van der Waals surface area contributed by atoms with Crippen molar-refractivity contribution in [2.45, 2.75) is 18.9 Å². The molecule has 1 atom stereocenters. The number of urea groups is 1. The van der Waals surface area contributed by atoms with Crippen molar-refractivity contribution in [3.63, 3.8) is 0 Å². The van der Waals surface area contributed by atoms with Crippen LogP contribution >= 0.6 is 11.3 Å². The molecule has 130 valence electrons. The molecule has 0 radical (unpaired) electrons. The third-order valence-corrected chi connectivity index (χ3v) is 4.92. The molecule has 0 bridgehead atoms. The number of amides is 2. The molecule has 3 rings (SSSR count). The Labute approximate surface area is 151 Å². The monoisotopic (exact) mass is 354 g/mol. The highest BCUT2D eigenvalue weighted by Gasteiger charge is 2.16. The van der Waals surface area contributed by atoms with Gasteiger partial charge in [0.2, 0.25) is 0 Å². The van der Waals surface area contributed by atoms with Crippen molar-refractivity contribution in [2.75, 3.05) is 13.1 Å². The molecule has 1 aromatic carbocycles. The molecule has 0 spiro atoms. The van der Waals surface area contributed by atoms with Gasteiger partial charge in [-0.25, -0.2) is 4.79 Å². The molecule has 0 aliphatic rings. The number of nitrogens with zero attached hydrogens (tertiary/aromatic N) is 2. The van der Waals surface area contributed by atoms with Crippen molar-refractivity contribution in [1.82, 2.24) is 20.4 Å². The van der Waals surface area contributed by atoms with Crippen LogP contribution in [0.25, 0.3) is 0 Å². The van der Waals surface area contributed by atoms with Crippen LogP contribution in [0, 0.1) is 0 Å². The highest BCUT2D eigenvalue weighted by atomic mass is 32.1. The molecule has 25 heavy (non-hydrogen) atoms. The van der Waals surface area contributed by atoms with Crippen LogP contribution in [0.3, 0.4) is 0 Å². The number of benzene rings is 1. The van der Waals surface area contributed by atoms with E-state index in [9.17, 15) is 4.79 Å². The SMILES string of the molecule is O=C(NCCCc1ccccc1)NCC(c1cccs1)n1cccn1. The number of carbonyl (C=O) groups excluding carboxylic acids is 1. The van der Waals surface area contributed by atoms with Gasteiger partial charge in [0, 0.05) is 30.4 Å². The predicted molar refractivity (Wildman–Crippen MR) is 101 cm³/mol. The van der Waals surface area contributed by atoms with E-state index in [4.69, 9.17) is 0 Å². The van der Waals surface area contributed by atoms with Crippen LogP contribution in [0.15, 0.2) is 66.3 Å². The fourth-order valence-corrected chi connectivity index (χ4v) is 3.48. The van der Waals surface area contributed by atoms with Crippen LogP contribution in [-0.4, -0.2) is 28.9 Å². The van der Waals surface area contributed by atoms with Crippen molar-refractivity contribution >= 4 is 17.4 Å². The molecular weight excluding hydrogens is 332 g/mol. The van der Waals surface area contributed by atoms with Crippen LogP contribution in [0.2, 0.25) is 0 Å². The summed E-state index contributed by atoms with van der Waals surface area (Å²) in [4.78, 5) is 13.2. The fourth-order valence-electron chi connectivity index (χ4n) is 2.66. The van der Waals surface area contributed by atoms with Crippen LogP contribution in [0.5, 0.6) is 0 Å². The van der Waals surface area contributed by atoms with E-state index < -0.39 is 0 Å². The minimum atomic E-state index is -0.137. The molecule has 0 saturated carbocycles. The molecule has 0 aliphatic carbocycles. The van der Waals surface area contributed by atoms with Gasteiger partial charge in [-0.05, 0) is 35.9 Å². The van der Waals surface area contributed by atoms with Crippen molar-refractivity contribution < 1.29 is 4.79 Å². The van der Waals surface area contributed by atoms with E-state index in [0.717, 1.165) is 12.8 Å². The summed E-state index contributed by atoms with van der Waals surface area (Å²) in [7, 11) is 0. The minimum Gasteiger partial charge on any atom is -0.338 e. The first kappa shape index (κ1) is 17.2. The maximum atomic E-state index is 12.0. The molecule has 0 fully saturated rings. The molecule has 1 unspecified atom stereocenters. The quantitative estimate of drug-likeness (QED) is 0.609. The van der Waals surface area contributed by atoms with Gasteiger partial charge in [0.25, 0.3) is 0 Å². The largest absolute Gasteiger partial charge is 0.338 e. The molecule has 2 N–H and O–H groups in total. The van der Waals surface area contributed by atoms with E-state index in [0.29, 0.717) is 13.1 Å². The zero-order valence-corrected chi connectivity index (χ0v) is 14.8. The number of aromatic nitrogens is 2. The molecule has 0 aliphatic heterocycles. The Morgan fingerprint density at radius 1 is 1.12 bits per heavy atom. The molecule has 2 heterocycles. The zero-order chi connectivity index (χ0) is 17.3. The van der Waals surface area contributed by atoms with E-state index >= 15 is 0 Å². The first-order valence-corrected chi connectivity index (χ1v) is 9.29. The van der Waals surface area contributed by atoms with E-state index in [1.54, 1.807) is 17.5 Å². The second-order valence-corrected chi connectivity index (χ2v) is 6.72. The number of aryl methyl sites for hydroxylation is 1. The van der Waals surface area contributed by atoms with E-state index in [-0.39, 0.29) is 12.1 Å². The lowest BCUT2D eigenvalue weighted by Crippen LogP contribution is -2.39. The maximum absolute atomic E-state index is 12.0. The molecule has 6 heteroatoms. The van der Waals surface area contributed by atoms with E-state index in [1.807, 2.05) is 46.6 Å². The van der Waals surface area contributed by atoms with Gasteiger partial charge >= 0.3 is 6.03 Å². The Balaban J connectivity index is 1.43. The number of carbonyl (C=O) groups is 1. The van der Waals surface area contributed by atoms with E-state index in [1.165, 1.54) is 10.4 Å². The summed E-state index contributed by atoms with van der Waals surface area (Å²) < 4.78 is 1.88. The molecule has 0 saturated heterocycles. The third-order valence-electron chi connectivity index (χ3n) is 3.94. The number of nitrogens with one attached hydrogen (secondary N) is 2. The Kier molecular flexibility index (Phi) is 6.23. The molecular formula is C19H22N4OS. The van der Waals surface area contributed by atoms with Crippen LogP contribution in [0.4, 0.5) is 4.79 Å². The van der Waals surface area contributed by atoms with E-state index in [2.05, 4.69) is 33.9 Å². The lowest BCUT2D eigenvalue weighted by molar-refractivity contribution is 0.239. The van der Waals surface area contributed by atoms with Gasteiger partial charge in [0.1, 0.15) is 6.04 Å². The van der Waals surface area contributed by atoms with Gasteiger partial charge in [-0.2, -0.15) is 5.10 Å². The predicted octanol–water partition coefficient (Wildman–Crippen LogP) is 3.47. The van der Waals surface area contributed by atoms with Gasteiger partial charge in [-0.1, -0.05) is 36.4 Å². The summed E-state index contributed by atoms with van der Waals surface area (Å²) in [5, 5.41) is 12.2. The highest BCUT2D eigenvalue weighted by molar-refractivity contribution is 7.10. The topological polar surface area (TPSA) is 59.0 Å². The zero-order valence-electron chi connectivity index (χ0n) is 14.0. The van der Waals surface area contributed by atoms with Crippen LogP contribution in [-0.2, 0) is 6.42 Å². The standard InChI is InChI=1S/C19H22N4OS/c24-19(20-11-4-9-16-7-2-1-3-8-16)21-15-17(18-10-5-14-25-18)23-13-6-12-22-23/h1-3,5-8,10,12-14,17H,4,9,11,15H2,(H2,20,21,24). The lowest BCUT2D eigenvalue weighted by atomic mass is 10.1. The van der Waals surface area contributed by atoms with Gasteiger partial charge in [-0.3, -0.25) is 4.68 Å². The summed E-state index contributed by atoms with van der Waals surface area (Å²) >= 11 is 1.67. The summed E-state index contributed by atoms with van der Waals surface area (Å²) in [6, 6.07) is 16.2. The van der Waals surface area contributed by atoms with Crippen LogP contribution < -0.4 is 10.6 Å². The summed E-state index contributed by atoms with van der Waals surface area (Å²) in [6.07, 6.45) is 5.56. The van der Waals surface area contributed by atoms with Gasteiger partial charge < -0.3 is 10.6 Å². The lowest BCUT2D eigenvalue weighted by Gasteiger charge is -2.17. The number of rotatable bonds is 8. The fraction of sp³-hybridized carbons (Fsp3) is 0.263. The average Bonchev–Trinajstić information content (AvgIpc) is 3.34. The molecule has 3 aromatic rings. The third kappa shape index (κ3) is 5.19. The first-order chi connectivity index (χ1) is 12.3. The Hall–Kier alpha value is -2.60. The number of thiophene rings is 1. The molecule has 2 amide bonds. The molecule has 2 aromatic heterocycles. The Morgan fingerprint density at radius 3 is 2.72 bits per heavy atom. The number of hydrogen-bond acceptors (Lipinski definition) is 3. The van der Waals surface area contributed by atoms with Crippen LogP contribution in [0.1, 0.15) is 22.9 Å². The second-order valence-electron chi connectivity index (χ2n) is 5.74. The normalized spacial score (nSPS) is 11.8. The summed E-state index contributed by atoms with van der Waals surface area (Å²) in [5.41, 5.74) is 1.29. The second kappa shape index (κ2) is 9.03. The van der Waals surface area contributed by atoms with Crippen molar-refractivity contribution in [1.29, 1.82) is 0 Å². The van der Waals surface area contributed by atoms with Gasteiger partial charge in [0.05, 0.1) is 0 Å². The first-order valence-electron chi connectivity index (χ1n) is 8.41. The Morgan fingerprint density at radius 2 is 2.00 bits per heavy atom. The smallest absolute Gasteiger partial charge is 0.314 e. The number of hydrogen-bond donors (Lipinski definition) is 2. The highest BCUT2D eigenvalue weighted by Crippen LogP contribution is 2.21. The van der Waals surface area contributed by atoms with Gasteiger partial charge in [0.15, 0.2) is 0 Å². The summed E-state index contributed by atoms with van der Waals surface area (Å²) in [6.45, 7) is 1.17. The minimum absolute atomic E-state index is 0.0186.